The summed E-state index contributed by atoms with van der Waals surface area (Å²) in [7, 11) is -5.07. The molecule has 5 nitrogen and oxygen atoms in total. The molecule has 0 spiro atoms. The third-order valence-corrected chi connectivity index (χ3v) is 14.8. The normalized spacial score (nSPS) is 14.5. The highest BCUT2D eigenvalue weighted by molar-refractivity contribution is 6.76. The summed E-state index contributed by atoms with van der Waals surface area (Å²) in [5, 5.41) is 0. The molecule has 0 bridgehead atoms. The molecule has 2 unspecified atom stereocenters. The average molecular weight is 477 g/mol. The van der Waals surface area contributed by atoms with Crippen LogP contribution in [0.1, 0.15) is 100 Å². The van der Waals surface area contributed by atoms with Gasteiger partial charge in [0.2, 0.25) is 0 Å². The molecule has 0 heterocycles. The summed E-state index contributed by atoms with van der Waals surface area (Å²) in [6, 6.07) is 2.65. The molecule has 0 saturated carbocycles. The Bertz CT molecular complexity index is 434. The van der Waals surface area contributed by atoms with Gasteiger partial charge in [-0.3, -0.25) is 4.79 Å². The molecule has 0 aromatic heterocycles. The van der Waals surface area contributed by atoms with Gasteiger partial charge in [-0.05, 0) is 38.4 Å². The zero-order chi connectivity index (χ0) is 23.8. The zero-order valence-corrected chi connectivity index (χ0v) is 23.9. The van der Waals surface area contributed by atoms with Crippen LogP contribution in [-0.2, 0) is 22.5 Å². The van der Waals surface area contributed by atoms with Crippen LogP contribution in [0.3, 0.4) is 0 Å². The molecule has 0 radical (unpaired) electrons. The molecular formula is C24H52O5Si2. The van der Waals surface area contributed by atoms with Crippen LogP contribution < -0.4 is 0 Å². The minimum Gasteiger partial charge on any atom is -0.519 e. The number of unbranched alkanes of at least 4 members (excludes halogenated alkanes) is 4. The second-order valence-corrected chi connectivity index (χ2v) is 15.8. The lowest BCUT2D eigenvalue weighted by atomic mass is 10.2. The average Bonchev–Trinajstić information content (AvgIpc) is 2.73. The van der Waals surface area contributed by atoms with E-state index in [9.17, 15) is 4.79 Å². The standard InChI is InChI=1S/C24H52O5Si2/c1-9-15-17-19-30(23(8)11-3,20-18-16-10-2)29-24(25)22(7)21-31(26-12-4,27-13-5)28-14-6/h22-23H,9-21H2,1-8H3. The van der Waals surface area contributed by atoms with Gasteiger partial charge in [0.05, 0.1) is 5.92 Å². The lowest BCUT2D eigenvalue weighted by molar-refractivity contribution is -0.139. The monoisotopic (exact) mass is 476 g/mol. The van der Waals surface area contributed by atoms with Gasteiger partial charge in [0.25, 0.3) is 14.3 Å². The SMILES string of the molecule is CCCCC[Si](CCCCC)(OC(=O)C(C)C[Si](OCC)(OCC)OCC)C(C)CC. The van der Waals surface area contributed by atoms with Crippen molar-refractivity contribution in [3.8, 4) is 0 Å². The topological polar surface area (TPSA) is 54.0 Å². The molecule has 7 heteroatoms. The summed E-state index contributed by atoms with van der Waals surface area (Å²) >= 11 is 0. The molecule has 0 aromatic rings. The van der Waals surface area contributed by atoms with Gasteiger partial charge in [0.1, 0.15) is 0 Å². The smallest absolute Gasteiger partial charge is 0.501 e. The molecule has 0 aliphatic heterocycles. The number of carbonyl (C=O) groups excluding carboxylic acids is 1. The van der Waals surface area contributed by atoms with Crippen LogP contribution >= 0.6 is 0 Å². The Hall–Kier alpha value is -0.216. The van der Waals surface area contributed by atoms with Crippen molar-refractivity contribution in [1.29, 1.82) is 0 Å². The number of carbonyl (C=O) groups is 1. The van der Waals surface area contributed by atoms with Gasteiger partial charge >= 0.3 is 8.80 Å². The molecule has 0 rings (SSSR count). The Kier molecular flexibility index (Phi) is 17.2. The fourth-order valence-corrected chi connectivity index (χ4v) is 11.8. The van der Waals surface area contributed by atoms with Crippen molar-refractivity contribution < 1.29 is 22.5 Å². The van der Waals surface area contributed by atoms with E-state index in [0.29, 0.717) is 31.4 Å². The second-order valence-electron chi connectivity index (χ2n) is 8.80. The van der Waals surface area contributed by atoms with Crippen LogP contribution in [0.2, 0.25) is 23.7 Å². The first kappa shape index (κ1) is 30.8. The van der Waals surface area contributed by atoms with Crippen molar-refractivity contribution in [2.24, 2.45) is 5.92 Å². The maximum atomic E-state index is 13.4. The van der Waals surface area contributed by atoms with E-state index in [1.807, 2.05) is 27.7 Å². The first-order valence-corrected chi connectivity index (χ1v) is 17.3. The molecule has 0 saturated heterocycles. The van der Waals surface area contributed by atoms with Crippen molar-refractivity contribution in [2.75, 3.05) is 19.8 Å². The Morgan fingerprint density at radius 1 is 0.742 bits per heavy atom. The molecule has 0 fully saturated rings. The minimum atomic E-state index is -2.88. The highest BCUT2D eigenvalue weighted by atomic mass is 28.4. The lowest BCUT2D eigenvalue weighted by Gasteiger charge is -2.38. The molecule has 0 aliphatic rings. The van der Waals surface area contributed by atoms with Crippen LogP contribution in [0.5, 0.6) is 0 Å². The summed E-state index contributed by atoms with van der Waals surface area (Å²) < 4.78 is 24.5. The predicted molar refractivity (Wildman–Crippen MR) is 135 cm³/mol. The van der Waals surface area contributed by atoms with Crippen molar-refractivity contribution in [3.63, 3.8) is 0 Å². The van der Waals surface area contributed by atoms with E-state index in [1.165, 1.54) is 25.7 Å². The Labute approximate surface area is 195 Å². The molecule has 31 heavy (non-hydrogen) atoms. The summed E-state index contributed by atoms with van der Waals surface area (Å²) in [5.41, 5.74) is 0.477. The predicted octanol–water partition coefficient (Wildman–Crippen LogP) is 7.34. The van der Waals surface area contributed by atoms with Crippen LogP contribution in [0, 0.1) is 5.92 Å². The van der Waals surface area contributed by atoms with Crippen molar-refractivity contribution >= 4 is 23.1 Å². The lowest BCUT2D eigenvalue weighted by Crippen LogP contribution is -2.50. The van der Waals surface area contributed by atoms with E-state index in [1.54, 1.807) is 0 Å². The van der Waals surface area contributed by atoms with E-state index in [-0.39, 0.29) is 11.9 Å². The summed E-state index contributed by atoms with van der Waals surface area (Å²) in [4.78, 5) is 13.4. The number of hydrogen-bond donors (Lipinski definition) is 0. The largest absolute Gasteiger partial charge is 0.519 e. The van der Waals surface area contributed by atoms with Gasteiger partial charge in [0, 0.05) is 25.9 Å². The summed E-state index contributed by atoms with van der Waals surface area (Å²) in [6.45, 7) is 18.4. The van der Waals surface area contributed by atoms with E-state index >= 15 is 0 Å². The quantitative estimate of drug-likeness (QED) is 0.136. The minimum absolute atomic E-state index is 0.0732. The van der Waals surface area contributed by atoms with E-state index in [0.717, 1.165) is 31.4 Å². The molecule has 0 amide bonds. The van der Waals surface area contributed by atoms with E-state index < -0.39 is 17.1 Å². The van der Waals surface area contributed by atoms with Gasteiger partial charge in [-0.25, -0.2) is 0 Å². The molecule has 0 N–H and O–H groups in total. The van der Waals surface area contributed by atoms with Crippen molar-refractivity contribution in [3.05, 3.63) is 0 Å². The first-order valence-electron chi connectivity index (χ1n) is 12.9. The number of rotatable bonds is 20. The van der Waals surface area contributed by atoms with E-state index in [4.69, 9.17) is 17.7 Å². The van der Waals surface area contributed by atoms with Crippen LogP contribution in [0.4, 0.5) is 0 Å². The maximum Gasteiger partial charge on any atom is 0.501 e. The fourth-order valence-electron chi connectivity index (χ4n) is 4.26. The van der Waals surface area contributed by atoms with E-state index in [2.05, 4.69) is 27.7 Å². The second kappa shape index (κ2) is 17.3. The summed E-state index contributed by atoms with van der Waals surface area (Å²) in [6.07, 6.45) is 8.20. The maximum absolute atomic E-state index is 13.4. The van der Waals surface area contributed by atoms with Crippen molar-refractivity contribution in [1.82, 2.24) is 0 Å². The van der Waals surface area contributed by atoms with Gasteiger partial charge in [-0.15, -0.1) is 0 Å². The molecule has 186 valence electrons. The zero-order valence-electron chi connectivity index (χ0n) is 21.9. The Morgan fingerprint density at radius 2 is 1.19 bits per heavy atom. The Morgan fingerprint density at radius 3 is 1.55 bits per heavy atom. The third kappa shape index (κ3) is 11.0. The third-order valence-electron chi connectivity index (χ3n) is 6.27. The molecule has 2 atom stereocenters. The molecule has 0 aromatic carbocycles. The van der Waals surface area contributed by atoms with Crippen LogP contribution in [-0.4, -0.2) is 42.9 Å². The first-order chi connectivity index (χ1) is 14.8. The van der Waals surface area contributed by atoms with Crippen LogP contribution in [0.25, 0.3) is 0 Å². The molecule has 0 aliphatic carbocycles. The number of hydrogen-bond acceptors (Lipinski definition) is 5. The molecular weight excluding hydrogens is 424 g/mol. The van der Waals surface area contributed by atoms with Gasteiger partial charge in [-0.2, -0.15) is 0 Å². The van der Waals surface area contributed by atoms with Gasteiger partial charge in [-0.1, -0.05) is 79.6 Å². The Balaban J connectivity index is 5.58. The fraction of sp³-hybridized carbons (Fsp3) is 0.958. The van der Waals surface area contributed by atoms with Gasteiger partial charge < -0.3 is 17.7 Å². The van der Waals surface area contributed by atoms with Gasteiger partial charge in [0.15, 0.2) is 0 Å². The summed E-state index contributed by atoms with van der Waals surface area (Å²) in [5.74, 6) is -0.361. The van der Waals surface area contributed by atoms with Crippen molar-refractivity contribution in [2.45, 2.75) is 124 Å². The van der Waals surface area contributed by atoms with Crippen LogP contribution in [0.15, 0.2) is 0 Å². The highest BCUT2D eigenvalue weighted by Crippen LogP contribution is 2.38. The highest BCUT2D eigenvalue weighted by Gasteiger charge is 2.47.